The maximum Gasteiger partial charge on any atom is 0.320 e. The predicted molar refractivity (Wildman–Crippen MR) is 73.6 cm³/mol. The average molecular weight is 271 g/mol. The van der Waals surface area contributed by atoms with Gasteiger partial charge in [0.1, 0.15) is 6.04 Å². The van der Waals surface area contributed by atoms with Crippen molar-refractivity contribution in [1.82, 2.24) is 9.78 Å². The minimum Gasteiger partial charge on any atom is -0.480 e. The zero-order chi connectivity index (χ0) is 13.5. The van der Waals surface area contributed by atoms with E-state index in [-0.39, 0.29) is 0 Å². The maximum absolute atomic E-state index is 10.5. The fraction of sp³-hybridized carbons (Fsp3) is 0.667. The minimum atomic E-state index is -0.934. The van der Waals surface area contributed by atoms with Crippen molar-refractivity contribution in [3.8, 4) is 0 Å². The molecule has 0 amide bonds. The van der Waals surface area contributed by atoms with Crippen LogP contribution in [0.2, 0.25) is 0 Å². The van der Waals surface area contributed by atoms with Crippen molar-refractivity contribution >= 4 is 17.7 Å². The Morgan fingerprint density at radius 1 is 1.67 bits per heavy atom. The van der Waals surface area contributed by atoms with Crippen LogP contribution in [0.1, 0.15) is 38.4 Å². The number of aromatic nitrogens is 2. The third-order valence-corrected chi connectivity index (χ3v) is 3.87. The number of rotatable bonds is 8. The van der Waals surface area contributed by atoms with Crippen molar-refractivity contribution in [2.75, 3.05) is 5.75 Å². The van der Waals surface area contributed by atoms with Crippen molar-refractivity contribution in [2.45, 2.75) is 44.5 Å². The minimum absolute atomic E-state index is 0.421. The van der Waals surface area contributed by atoms with Gasteiger partial charge in [0.2, 0.25) is 0 Å². The molecule has 0 saturated heterocycles. The Bertz CT molecular complexity index is 381. The number of hydrogen-bond acceptors (Lipinski definition) is 4. The van der Waals surface area contributed by atoms with Gasteiger partial charge in [-0.3, -0.25) is 9.48 Å². The van der Waals surface area contributed by atoms with Crippen LogP contribution in [-0.4, -0.2) is 32.7 Å². The summed E-state index contributed by atoms with van der Waals surface area (Å²) in [5.74, 6) is 0.607. The second-order valence-electron chi connectivity index (χ2n) is 4.33. The molecule has 0 aromatic carbocycles. The molecule has 5 nitrogen and oxygen atoms in total. The SMILES string of the molecule is CCC(C)n1ccc(CSCCC(N)C(=O)O)n1. The summed E-state index contributed by atoms with van der Waals surface area (Å²) >= 11 is 1.67. The highest BCUT2D eigenvalue weighted by atomic mass is 32.2. The van der Waals surface area contributed by atoms with Gasteiger partial charge in [0.15, 0.2) is 0 Å². The Balaban J connectivity index is 2.27. The molecule has 1 aromatic rings. The van der Waals surface area contributed by atoms with Gasteiger partial charge in [-0.2, -0.15) is 16.9 Å². The van der Waals surface area contributed by atoms with Gasteiger partial charge in [0.05, 0.1) is 5.69 Å². The maximum atomic E-state index is 10.5. The second-order valence-corrected chi connectivity index (χ2v) is 5.44. The first-order chi connectivity index (χ1) is 8.54. The zero-order valence-corrected chi connectivity index (χ0v) is 11.7. The van der Waals surface area contributed by atoms with Gasteiger partial charge in [-0.1, -0.05) is 6.92 Å². The lowest BCUT2D eigenvalue weighted by atomic mass is 10.2. The molecule has 102 valence electrons. The molecule has 2 unspecified atom stereocenters. The van der Waals surface area contributed by atoms with E-state index in [0.29, 0.717) is 12.5 Å². The number of aliphatic carboxylic acids is 1. The van der Waals surface area contributed by atoms with Crippen LogP contribution in [0.5, 0.6) is 0 Å². The van der Waals surface area contributed by atoms with Crippen LogP contribution in [0.4, 0.5) is 0 Å². The molecule has 0 aliphatic carbocycles. The lowest BCUT2D eigenvalue weighted by molar-refractivity contribution is -0.138. The molecule has 0 saturated carbocycles. The number of nitrogens with two attached hydrogens (primary N) is 1. The van der Waals surface area contributed by atoms with Crippen LogP contribution in [-0.2, 0) is 10.5 Å². The van der Waals surface area contributed by atoms with E-state index in [9.17, 15) is 4.79 Å². The Morgan fingerprint density at radius 2 is 2.39 bits per heavy atom. The van der Waals surface area contributed by atoms with Gasteiger partial charge < -0.3 is 10.8 Å². The molecule has 0 bridgehead atoms. The number of thioether (sulfide) groups is 1. The number of nitrogens with zero attached hydrogens (tertiary/aromatic N) is 2. The van der Waals surface area contributed by atoms with Crippen LogP contribution in [0.15, 0.2) is 12.3 Å². The number of hydrogen-bond donors (Lipinski definition) is 2. The van der Waals surface area contributed by atoms with E-state index in [1.165, 1.54) is 0 Å². The van der Waals surface area contributed by atoms with Crippen LogP contribution in [0.25, 0.3) is 0 Å². The summed E-state index contributed by atoms with van der Waals surface area (Å²) in [7, 11) is 0. The highest BCUT2D eigenvalue weighted by molar-refractivity contribution is 7.98. The Kier molecular flexibility index (Phi) is 6.21. The topological polar surface area (TPSA) is 81.1 Å². The van der Waals surface area contributed by atoms with E-state index in [1.54, 1.807) is 11.8 Å². The van der Waals surface area contributed by atoms with Gasteiger partial charge in [-0.15, -0.1) is 0 Å². The molecule has 0 aliphatic rings. The van der Waals surface area contributed by atoms with Gasteiger partial charge in [0, 0.05) is 18.0 Å². The van der Waals surface area contributed by atoms with Gasteiger partial charge in [-0.25, -0.2) is 0 Å². The molecular formula is C12H21N3O2S. The molecule has 0 radical (unpaired) electrons. The highest BCUT2D eigenvalue weighted by Crippen LogP contribution is 2.14. The Hall–Kier alpha value is -1.01. The Labute approximate surface area is 112 Å². The number of carbonyl (C=O) groups is 1. The van der Waals surface area contributed by atoms with Crippen LogP contribution >= 0.6 is 11.8 Å². The predicted octanol–water partition coefficient (Wildman–Crippen LogP) is 1.89. The van der Waals surface area contributed by atoms with Crippen LogP contribution in [0.3, 0.4) is 0 Å². The molecule has 0 fully saturated rings. The molecule has 1 heterocycles. The van der Waals surface area contributed by atoms with Crippen molar-refractivity contribution < 1.29 is 9.90 Å². The molecule has 1 rings (SSSR count). The third kappa shape index (κ3) is 4.70. The molecule has 2 atom stereocenters. The number of carboxylic acids is 1. The first kappa shape index (κ1) is 15.0. The second kappa shape index (κ2) is 7.43. The summed E-state index contributed by atoms with van der Waals surface area (Å²) in [6.45, 7) is 4.27. The fourth-order valence-corrected chi connectivity index (χ4v) is 2.33. The molecule has 0 aliphatic heterocycles. The fourth-order valence-electron chi connectivity index (χ4n) is 1.40. The molecule has 0 spiro atoms. The first-order valence-electron chi connectivity index (χ1n) is 6.14. The smallest absolute Gasteiger partial charge is 0.320 e. The number of carboxylic acid groups (broad SMARTS) is 1. The van der Waals surface area contributed by atoms with Crippen LogP contribution < -0.4 is 5.73 Å². The lowest BCUT2D eigenvalue weighted by Crippen LogP contribution is -2.30. The summed E-state index contributed by atoms with van der Waals surface area (Å²) in [5, 5.41) is 13.1. The standard InChI is InChI=1S/C12H21N3O2S/c1-3-9(2)15-6-4-10(14-15)8-18-7-5-11(13)12(16)17/h4,6,9,11H,3,5,7-8,13H2,1-2H3,(H,16,17). The first-order valence-corrected chi connectivity index (χ1v) is 7.30. The third-order valence-electron chi connectivity index (χ3n) is 2.85. The summed E-state index contributed by atoms with van der Waals surface area (Å²) < 4.78 is 1.97. The average Bonchev–Trinajstić information content (AvgIpc) is 2.81. The van der Waals surface area contributed by atoms with Gasteiger partial charge >= 0.3 is 5.97 Å². The highest BCUT2D eigenvalue weighted by Gasteiger charge is 2.10. The summed E-state index contributed by atoms with van der Waals surface area (Å²) in [5.41, 5.74) is 6.46. The van der Waals surface area contributed by atoms with E-state index in [4.69, 9.17) is 10.8 Å². The normalized spacial score (nSPS) is 14.4. The van der Waals surface area contributed by atoms with Crippen molar-refractivity contribution in [2.24, 2.45) is 5.73 Å². The van der Waals surface area contributed by atoms with E-state index < -0.39 is 12.0 Å². The lowest BCUT2D eigenvalue weighted by Gasteiger charge is -2.08. The Morgan fingerprint density at radius 3 is 3.00 bits per heavy atom. The van der Waals surface area contributed by atoms with Crippen molar-refractivity contribution in [3.63, 3.8) is 0 Å². The van der Waals surface area contributed by atoms with E-state index in [0.717, 1.165) is 23.6 Å². The quantitative estimate of drug-likeness (QED) is 0.706. The van der Waals surface area contributed by atoms with Gasteiger partial charge in [-0.05, 0) is 31.6 Å². The van der Waals surface area contributed by atoms with Gasteiger partial charge in [0.25, 0.3) is 0 Å². The summed E-state index contributed by atoms with van der Waals surface area (Å²) in [6, 6.07) is 1.68. The summed E-state index contributed by atoms with van der Waals surface area (Å²) in [6.07, 6.45) is 3.54. The van der Waals surface area contributed by atoms with Crippen molar-refractivity contribution in [1.29, 1.82) is 0 Å². The zero-order valence-electron chi connectivity index (χ0n) is 10.9. The largest absolute Gasteiger partial charge is 0.480 e. The van der Waals surface area contributed by atoms with E-state index in [1.807, 2.05) is 16.9 Å². The molecule has 18 heavy (non-hydrogen) atoms. The molecule has 6 heteroatoms. The van der Waals surface area contributed by atoms with E-state index in [2.05, 4.69) is 18.9 Å². The van der Waals surface area contributed by atoms with E-state index >= 15 is 0 Å². The van der Waals surface area contributed by atoms with Crippen molar-refractivity contribution in [3.05, 3.63) is 18.0 Å². The molecule has 3 N–H and O–H groups in total. The summed E-state index contributed by atoms with van der Waals surface area (Å²) in [4.78, 5) is 10.5. The molecule has 1 aromatic heterocycles. The monoisotopic (exact) mass is 271 g/mol. The van der Waals surface area contributed by atoms with Crippen LogP contribution in [0, 0.1) is 0 Å². The molecular weight excluding hydrogens is 250 g/mol.